The van der Waals surface area contributed by atoms with E-state index >= 15 is 0 Å². The minimum atomic E-state index is -0.518. The first kappa shape index (κ1) is 16.3. The van der Waals surface area contributed by atoms with Gasteiger partial charge >= 0.3 is 0 Å². The molecule has 0 amide bonds. The maximum atomic E-state index is 7.07. The molecule has 1 aromatic rings. The van der Waals surface area contributed by atoms with Crippen LogP contribution in [0.4, 0.5) is 0 Å². The molecule has 148 valence electrons. The van der Waals surface area contributed by atoms with Crippen LogP contribution in [-0.2, 0) is 21.3 Å². The first-order valence-electron chi connectivity index (χ1n) is 10.5. The molecule has 0 radical (unpaired) electrons. The van der Waals surface area contributed by atoms with Crippen molar-refractivity contribution in [3.05, 3.63) is 35.4 Å². The summed E-state index contributed by atoms with van der Waals surface area (Å²) in [5.74, 6) is 2.11. The summed E-state index contributed by atoms with van der Waals surface area (Å²) in [7, 11) is 5.91. The average Bonchev–Trinajstić information content (AvgIpc) is 3.01. The summed E-state index contributed by atoms with van der Waals surface area (Å²) < 4.78 is 25.5. The SMILES string of the molecule is COc1ccc2c3c1O[C@@]14COC[C@@H]5C[C@]6(C=C[C@@]51OC)[C@@H](C2)N(C)CC[C@]346. The Hall–Kier alpha value is -1.56. The molecule has 0 aromatic heterocycles. The number of ether oxygens (including phenoxy) is 4. The molecule has 3 heterocycles. The van der Waals surface area contributed by atoms with Crippen LogP contribution in [0.3, 0.4) is 0 Å². The lowest BCUT2D eigenvalue weighted by atomic mass is 9.33. The summed E-state index contributed by atoms with van der Waals surface area (Å²) >= 11 is 0. The average molecular weight is 381 g/mol. The van der Waals surface area contributed by atoms with Gasteiger partial charge < -0.3 is 23.8 Å². The van der Waals surface area contributed by atoms with E-state index in [0.717, 1.165) is 43.9 Å². The number of benzene rings is 1. The number of rotatable bonds is 2. The van der Waals surface area contributed by atoms with Gasteiger partial charge in [0.05, 0.1) is 25.7 Å². The van der Waals surface area contributed by atoms with Crippen LogP contribution in [-0.4, -0.2) is 63.2 Å². The van der Waals surface area contributed by atoms with E-state index in [-0.39, 0.29) is 10.8 Å². The maximum Gasteiger partial charge on any atom is 0.176 e. The molecule has 6 bridgehead atoms. The third-order valence-corrected chi connectivity index (χ3v) is 9.41. The molecular weight excluding hydrogens is 354 g/mol. The largest absolute Gasteiger partial charge is 0.493 e. The molecular formula is C23H27NO4. The van der Waals surface area contributed by atoms with E-state index < -0.39 is 11.2 Å². The summed E-state index contributed by atoms with van der Waals surface area (Å²) in [6.07, 6.45) is 8.13. The summed E-state index contributed by atoms with van der Waals surface area (Å²) in [5.41, 5.74) is 1.81. The molecule has 3 spiro atoms. The van der Waals surface area contributed by atoms with E-state index in [4.69, 9.17) is 18.9 Å². The lowest BCUT2D eigenvalue weighted by Gasteiger charge is -2.76. The number of hydrogen-bond donors (Lipinski definition) is 0. The molecule has 6 atom stereocenters. The summed E-state index contributed by atoms with van der Waals surface area (Å²) in [5, 5.41) is 0. The maximum absolute atomic E-state index is 7.07. The molecule has 1 aromatic carbocycles. The lowest BCUT2D eigenvalue weighted by molar-refractivity contribution is -0.312. The first-order chi connectivity index (χ1) is 13.6. The number of methoxy groups -OCH3 is 2. The van der Waals surface area contributed by atoms with Crippen molar-refractivity contribution >= 4 is 0 Å². The van der Waals surface area contributed by atoms with Gasteiger partial charge in [-0.15, -0.1) is 0 Å². The third kappa shape index (κ3) is 1.25. The number of piperidine rings is 1. The summed E-state index contributed by atoms with van der Waals surface area (Å²) in [6, 6.07) is 4.85. The van der Waals surface area contributed by atoms with Gasteiger partial charge in [0, 0.05) is 30.0 Å². The van der Waals surface area contributed by atoms with Gasteiger partial charge in [-0.1, -0.05) is 18.2 Å². The van der Waals surface area contributed by atoms with Gasteiger partial charge in [-0.05, 0) is 44.5 Å². The van der Waals surface area contributed by atoms with Crippen LogP contribution in [0, 0.1) is 11.3 Å². The highest BCUT2D eigenvalue weighted by Gasteiger charge is 2.86. The number of likely N-dealkylation sites (N-methyl/N-ethyl adjacent to an activating group) is 1. The molecule has 3 fully saturated rings. The molecule has 8 rings (SSSR count). The van der Waals surface area contributed by atoms with Crippen molar-refractivity contribution in [3.63, 3.8) is 0 Å². The molecule has 5 nitrogen and oxygen atoms in total. The molecule has 7 aliphatic rings. The van der Waals surface area contributed by atoms with Crippen molar-refractivity contribution in [1.82, 2.24) is 4.90 Å². The Morgan fingerprint density at radius 2 is 2.11 bits per heavy atom. The first-order valence-corrected chi connectivity index (χ1v) is 10.5. The fourth-order valence-corrected chi connectivity index (χ4v) is 8.53. The smallest absolute Gasteiger partial charge is 0.176 e. The summed E-state index contributed by atoms with van der Waals surface area (Å²) in [6.45, 7) is 2.40. The monoisotopic (exact) mass is 381 g/mol. The van der Waals surface area contributed by atoms with Crippen molar-refractivity contribution < 1.29 is 18.9 Å². The zero-order valence-corrected chi connectivity index (χ0v) is 16.8. The zero-order chi connectivity index (χ0) is 18.9. The molecule has 0 unspecified atom stereocenters. The zero-order valence-electron chi connectivity index (χ0n) is 16.8. The van der Waals surface area contributed by atoms with Crippen LogP contribution < -0.4 is 9.47 Å². The molecule has 2 saturated heterocycles. The number of hydrogen-bond acceptors (Lipinski definition) is 5. The molecule has 5 heteroatoms. The second-order valence-corrected chi connectivity index (χ2v) is 9.70. The normalized spacial score (nSPS) is 49.0. The minimum absolute atomic E-state index is 0.0688. The van der Waals surface area contributed by atoms with Crippen LogP contribution in [0.15, 0.2) is 24.3 Å². The fourth-order valence-electron chi connectivity index (χ4n) is 8.53. The summed E-state index contributed by atoms with van der Waals surface area (Å²) in [4.78, 5) is 2.59. The molecule has 0 N–H and O–H groups in total. The van der Waals surface area contributed by atoms with Crippen molar-refractivity contribution in [3.8, 4) is 11.5 Å². The predicted molar refractivity (Wildman–Crippen MR) is 103 cm³/mol. The third-order valence-electron chi connectivity index (χ3n) is 9.41. The number of likely N-dealkylation sites (tertiary alicyclic amines) is 1. The molecule has 1 saturated carbocycles. The van der Waals surface area contributed by atoms with Crippen LogP contribution in [0.2, 0.25) is 0 Å². The van der Waals surface area contributed by atoms with Crippen molar-refractivity contribution in [2.75, 3.05) is 41.0 Å². The second kappa shape index (κ2) is 4.61. The van der Waals surface area contributed by atoms with E-state index in [2.05, 4.69) is 36.2 Å². The van der Waals surface area contributed by atoms with E-state index in [1.54, 1.807) is 7.11 Å². The van der Waals surface area contributed by atoms with E-state index in [9.17, 15) is 0 Å². The Bertz CT molecular complexity index is 945. The Balaban J connectivity index is 1.65. The van der Waals surface area contributed by atoms with Crippen LogP contribution >= 0.6 is 0 Å². The van der Waals surface area contributed by atoms with Gasteiger partial charge in [0.25, 0.3) is 0 Å². The van der Waals surface area contributed by atoms with Crippen LogP contribution in [0.5, 0.6) is 11.5 Å². The Kier molecular flexibility index (Phi) is 2.67. The van der Waals surface area contributed by atoms with Crippen molar-refractivity contribution in [2.45, 2.75) is 41.9 Å². The van der Waals surface area contributed by atoms with Gasteiger partial charge in [0.1, 0.15) is 5.60 Å². The Labute approximate surface area is 165 Å². The molecule has 4 aliphatic carbocycles. The Morgan fingerprint density at radius 3 is 2.93 bits per heavy atom. The second-order valence-electron chi connectivity index (χ2n) is 9.70. The van der Waals surface area contributed by atoms with Crippen LogP contribution in [0.1, 0.15) is 24.0 Å². The highest BCUT2D eigenvalue weighted by molar-refractivity contribution is 5.67. The molecule has 3 aliphatic heterocycles. The standard InChI is InChI=1S/C23H27NO4/c1-24-9-8-21-18-14-4-5-16(25-2)19(18)28-23(21)13-27-12-15-11-20(21,17(24)10-14)6-7-22(15,23)26-3/h4-7,15,17H,8-13H2,1-3H3/t15-,17+,20+,21+,22+,23+/m0/s1. The predicted octanol–water partition coefficient (Wildman–Crippen LogP) is 2.32. The Morgan fingerprint density at radius 1 is 1.21 bits per heavy atom. The topological polar surface area (TPSA) is 40.2 Å². The quantitative estimate of drug-likeness (QED) is 0.736. The fraction of sp³-hybridized carbons (Fsp3) is 0.652. The highest BCUT2D eigenvalue weighted by Crippen LogP contribution is 2.79. The van der Waals surface area contributed by atoms with E-state index in [1.807, 2.05) is 7.11 Å². The number of nitrogens with zero attached hydrogens (tertiary/aromatic N) is 1. The van der Waals surface area contributed by atoms with Gasteiger partial charge in [-0.3, -0.25) is 0 Å². The lowest BCUT2D eigenvalue weighted by Crippen LogP contribution is -2.87. The van der Waals surface area contributed by atoms with Crippen molar-refractivity contribution in [2.24, 2.45) is 11.3 Å². The van der Waals surface area contributed by atoms with E-state index in [0.29, 0.717) is 18.6 Å². The highest BCUT2D eigenvalue weighted by atomic mass is 16.6. The van der Waals surface area contributed by atoms with Gasteiger partial charge in [-0.2, -0.15) is 0 Å². The van der Waals surface area contributed by atoms with Gasteiger partial charge in [0.2, 0.25) is 0 Å². The van der Waals surface area contributed by atoms with Gasteiger partial charge in [-0.25, -0.2) is 0 Å². The van der Waals surface area contributed by atoms with Gasteiger partial charge in [0.15, 0.2) is 17.1 Å². The molecule has 28 heavy (non-hydrogen) atoms. The van der Waals surface area contributed by atoms with E-state index in [1.165, 1.54) is 11.1 Å². The van der Waals surface area contributed by atoms with Crippen LogP contribution in [0.25, 0.3) is 0 Å². The minimum Gasteiger partial charge on any atom is -0.493 e. The van der Waals surface area contributed by atoms with Crippen molar-refractivity contribution in [1.29, 1.82) is 0 Å².